The van der Waals surface area contributed by atoms with E-state index in [9.17, 15) is 9.59 Å². The molecule has 1 unspecified atom stereocenters. The predicted octanol–water partition coefficient (Wildman–Crippen LogP) is 0.344. The summed E-state index contributed by atoms with van der Waals surface area (Å²) in [5.74, 6) is -0.694. The van der Waals surface area contributed by atoms with Gasteiger partial charge in [-0.05, 0) is 5.92 Å². The lowest BCUT2D eigenvalue weighted by molar-refractivity contribution is -0.159. The van der Waals surface area contributed by atoms with E-state index in [1.165, 1.54) is 0 Å². The van der Waals surface area contributed by atoms with Crippen molar-refractivity contribution in [3.63, 3.8) is 0 Å². The molecule has 0 aromatic carbocycles. The lowest BCUT2D eigenvalue weighted by Gasteiger charge is -2.31. The summed E-state index contributed by atoms with van der Waals surface area (Å²) in [5.41, 5.74) is 0. The van der Waals surface area contributed by atoms with Gasteiger partial charge in [-0.3, -0.25) is 4.79 Å². The molecule has 1 fully saturated rings. The summed E-state index contributed by atoms with van der Waals surface area (Å²) in [6.45, 7) is 4.90. The van der Waals surface area contributed by atoms with E-state index in [-0.39, 0.29) is 12.5 Å². The standard InChI is InChI=1S/C10H17NO4/c1-7(2)5-9(12)11-3-4-15-8(6-11)10(13)14/h7-8H,3-6H2,1-2H3,(H,13,14). The number of hydrogen-bond donors (Lipinski definition) is 1. The van der Waals surface area contributed by atoms with Gasteiger partial charge in [0, 0.05) is 13.0 Å². The van der Waals surface area contributed by atoms with E-state index in [0.717, 1.165) is 0 Å². The van der Waals surface area contributed by atoms with Gasteiger partial charge in [0.1, 0.15) is 0 Å². The molecule has 15 heavy (non-hydrogen) atoms. The highest BCUT2D eigenvalue weighted by Crippen LogP contribution is 2.10. The van der Waals surface area contributed by atoms with Crippen LogP contribution >= 0.6 is 0 Å². The summed E-state index contributed by atoms with van der Waals surface area (Å²) in [5, 5.41) is 8.76. The zero-order valence-corrected chi connectivity index (χ0v) is 9.10. The molecular formula is C10H17NO4. The second-order valence-electron chi connectivity index (χ2n) is 4.14. The SMILES string of the molecule is CC(C)CC(=O)N1CCOC(C(=O)O)C1. The maximum absolute atomic E-state index is 11.7. The molecule has 0 spiro atoms. The minimum absolute atomic E-state index is 0.0135. The molecule has 5 nitrogen and oxygen atoms in total. The Morgan fingerprint density at radius 3 is 2.73 bits per heavy atom. The molecule has 1 aliphatic heterocycles. The summed E-state index contributed by atoms with van der Waals surface area (Å²) in [7, 11) is 0. The van der Waals surface area contributed by atoms with E-state index in [1.807, 2.05) is 13.8 Å². The summed E-state index contributed by atoms with van der Waals surface area (Å²) in [4.78, 5) is 23.9. The fraction of sp³-hybridized carbons (Fsp3) is 0.800. The van der Waals surface area contributed by atoms with Crippen molar-refractivity contribution in [2.75, 3.05) is 19.7 Å². The molecule has 0 radical (unpaired) electrons. The highest BCUT2D eigenvalue weighted by Gasteiger charge is 2.28. The largest absolute Gasteiger partial charge is 0.479 e. The summed E-state index contributed by atoms with van der Waals surface area (Å²) < 4.78 is 5.03. The average molecular weight is 215 g/mol. The zero-order valence-electron chi connectivity index (χ0n) is 9.10. The molecule has 0 saturated carbocycles. The third-order valence-electron chi connectivity index (χ3n) is 2.28. The summed E-state index contributed by atoms with van der Waals surface area (Å²) in [6, 6.07) is 0. The molecule has 0 aliphatic carbocycles. The van der Waals surface area contributed by atoms with Crippen molar-refractivity contribution in [3.05, 3.63) is 0 Å². The quantitative estimate of drug-likeness (QED) is 0.737. The molecule has 86 valence electrons. The minimum atomic E-state index is -1.00. The summed E-state index contributed by atoms with van der Waals surface area (Å²) in [6.07, 6.45) is -0.401. The van der Waals surface area contributed by atoms with Crippen molar-refractivity contribution in [2.24, 2.45) is 5.92 Å². The smallest absolute Gasteiger partial charge is 0.334 e. The van der Waals surface area contributed by atoms with Crippen LogP contribution in [-0.4, -0.2) is 47.7 Å². The number of rotatable bonds is 3. The van der Waals surface area contributed by atoms with Gasteiger partial charge in [0.15, 0.2) is 6.10 Å². The number of carbonyl (C=O) groups excluding carboxylic acids is 1. The van der Waals surface area contributed by atoms with Crippen molar-refractivity contribution >= 4 is 11.9 Å². The van der Waals surface area contributed by atoms with Gasteiger partial charge < -0.3 is 14.7 Å². The van der Waals surface area contributed by atoms with Gasteiger partial charge in [0.05, 0.1) is 13.2 Å². The van der Waals surface area contributed by atoms with E-state index >= 15 is 0 Å². The van der Waals surface area contributed by atoms with Crippen LogP contribution in [0.4, 0.5) is 0 Å². The van der Waals surface area contributed by atoms with Crippen LogP contribution in [0, 0.1) is 5.92 Å². The first-order chi connectivity index (χ1) is 7.00. The van der Waals surface area contributed by atoms with Gasteiger partial charge in [-0.15, -0.1) is 0 Å². The minimum Gasteiger partial charge on any atom is -0.479 e. The number of morpholine rings is 1. The van der Waals surface area contributed by atoms with Crippen LogP contribution in [0.25, 0.3) is 0 Å². The molecule has 1 heterocycles. The predicted molar refractivity (Wildman–Crippen MR) is 53.4 cm³/mol. The molecule has 1 saturated heterocycles. The lowest BCUT2D eigenvalue weighted by Crippen LogP contribution is -2.48. The number of hydrogen-bond acceptors (Lipinski definition) is 3. The van der Waals surface area contributed by atoms with Crippen LogP contribution < -0.4 is 0 Å². The number of carboxylic acids is 1. The molecule has 1 aliphatic rings. The Morgan fingerprint density at radius 2 is 2.20 bits per heavy atom. The number of nitrogens with zero attached hydrogens (tertiary/aromatic N) is 1. The Hall–Kier alpha value is -1.10. The molecule has 0 bridgehead atoms. The summed E-state index contributed by atoms with van der Waals surface area (Å²) >= 11 is 0. The van der Waals surface area contributed by atoms with Gasteiger partial charge in [-0.1, -0.05) is 13.8 Å². The topological polar surface area (TPSA) is 66.8 Å². The van der Waals surface area contributed by atoms with Gasteiger partial charge in [-0.25, -0.2) is 4.79 Å². The second-order valence-corrected chi connectivity index (χ2v) is 4.14. The van der Waals surface area contributed by atoms with Crippen LogP contribution in [0.1, 0.15) is 20.3 Å². The van der Waals surface area contributed by atoms with Crippen LogP contribution in [0.2, 0.25) is 0 Å². The molecule has 1 amide bonds. The Bertz CT molecular complexity index is 252. The van der Waals surface area contributed by atoms with Crippen molar-refractivity contribution in [1.82, 2.24) is 4.90 Å². The van der Waals surface area contributed by atoms with E-state index in [2.05, 4.69) is 0 Å². The zero-order chi connectivity index (χ0) is 11.4. The first kappa shape index (κ1) is 12.0. The molecular weight excluding hydrogens is 198 g/mol. The van der Waals surface area contributed by atoms with Crippen LogP contribution in [0.5, 0.6) is 0 Å². The second kappa shape index (κ2) is 5.11. The molecule has 0 aromatic heterocycles. The fourth-order valence-corrected chi connectivity index (χ4v) is 1.50. The molecule has 0 aromatic rings. The average Bonchev–Trinajstić information content (AvgIpc) is 2.17. The van der Waals surface area contributed by atoms with Crippen LogP contribution in [-0.2, 0) is 14.3 Å². The number of ether oxygens (including phenoxy) is 1. The maximum atomic E-state index is 11.7. The van der Waals surface area contributed by atoms with Crippen molar-refractivity contribution in [2.45, 2.75) is 26.4 Å². The Morgan fingerprint density at radius 1 is 1.53 bits per heavy atom. The third kappa shape index (κ3) is 3.51. The van der Waals surface area contributed by atoms with E-state index < -0.39 is 12.1 Å². The van der Waals surface area contributed by atoms with Gasteiger partial charge in [0.2, 0.25) is 5.91 Å². The number of carbonyl (C=O) groups is 2. The van der Waals surface area contributed by atoms with E-state index in [4.69, 9.17) is 9.84 Å². The lowest BCUT2D eigenvalue weighted by atomic mass is 10.1. The molecule has 1 N–H and O–H groups in total. The van der Waals surface area contributed by atoms with Crippen LogP contribution in [0.15, 0.2) is 0 Å². The molecule has 1 rings (SSSR count). The number of carboxylic acid groups (broad SMARTS) is 1. The normalized spacial score (nSPS) is 21.8. The Balaban J connectivity index is 2.48. The Labute approximate surface area is 89.0 Å². The van der Waals surface area contributed by atoms with Gasteiger partial charge in [-0.2, -0.15) is 0 Å². The fourth-order valence-electron chi connectivity index (χ4n) is 1.50. The van der Waals surface area contributed by atoms with Gasteiger partial charge in [0.25, 0.3) is 0 Å². The number of amides is 1. The highest BCUT2D eigenvalue weighted by atomic mass is 16.5. The molecule has 1 atom stereocenters. The van der Waals surface area contributed by atoms with Gasteiger partial charge >= 0.3 is 5.97 Å². The van der Waals surface area contributed by atoms with Crippen molar-refractivity contribution in [3.8, 4) is 0 Å². The van der Waals surface area contributed by atoms with Crippen molar-refractivity contribution in [1.29, 1.82) is 0 Å². The van der Waals surface area contributed by atoms with E-state index in [0.29, 0.717) is 25.5 Å². The third-order valence-corrected chi connectivity index (χ3v) is 2.28. The number of aliphatic carboxylic acids is 1. The first-order valence-electron chi connectivity index (χ1n) is 5.13. The first-order valence-corrected chi connectivity index (χ1v) is 5.13. The van der Waals surface area contributed by atoms with Crippen LogP contribution in [0.3, 0.4) is 0 Å². The van der Waals surface area contributed by atoms with Crippen molar-refractivity contribution < 1.29 is 19.4 Å². The monoisotopic (exact) mass is 215 g/mol. The highest BCUT2D eigenvalue weighted by molar-refractivity contribution is 5.78. The van der Waals surface area contributed by atoms with E-state index in [1.54, 1.807) is 4.90 Å². The molecule has 5 heteroatoms. The maximum Gasteiger partial charge on any atom is 0.334 e. The Kier molecular flexibility index (Phi) is 4.08.